The lowest BCUT2D eigenvalue weighted by atomic mass is 10.0. The van der Waals surface area contributed by atoms with Crippen LogP contribution in [-0.4, -0.2) is 35.3 Å². The van der Waals surface area contributed by atoms with Crippen molar-refractivity contribution in [3.8, 4) is 5.75 Å². The third-order valence-corrected chi connectivity index (χ3v) is 6.37. The van der Waals surface area contributed by atoms with Crippen LogP contribution in [0.3, 0.4) is 0 Å². The highest BCUT2D eigenvalue weighted by Gasteiger charge is 2.45. The minimum absolute atomic E-state index is 0.0738. The topological polar surface area (TPSA) is 66.9 Å². The number of benzene rings is 3. The average Bonchev–Trinajstić information content (AvgIpc) is 3.15. The highest BCUT2D eigenvalue weighted by atomic mass is 35.5. The van der Waals surface area contributed by atoms with Crippen molar-refractivity contribution < 1.29 is 19.1 Å². The molecule has 0 N–H and O–H groups in total. The summed E-state index contributed by atoms with van der Waals surface area (Å²) < 4.78 is 5.46. The van der Waals surface area contributed by atoms with E-state index in [1.807, 2.05) is 44.2 Å². The van der Waals surface area contributed by atoms with Gasteiger partial charge in [-0.25, -0.2) is 4.90 Å². The van der Waals surface area contributed by atoms with Crippen molar-refractivity contribution in [3.63, 3.8) is 0 Å². The van der Waals surface area contributed by atoms with Crippen LogP contribution in [0.5, 0.6) is 5.75 Å². The van der Waals surface area contributed by atoms with Gasteiger partial charge in [0.05, 0.1) is 31.2 Å². The number of imide groups is 1. The second kappa shape index (κ2) is 10.7. The van der Waals surface area contributed by atoms with E-state index in [2.05, 4.69) is 0 Å². The van der Waals surface area contributed by atoms with Gasteiger partial charge in [0.15, 0.2) is 0 Å². The second-order valence-corrected chi connectivity index (χ2v) is 8.84. The molecule has 3 amide bonds. The van der Waals surface area contributed by atoms with Gasteiger partial charge in [0, 0.05) is 5.02 Å². The van der Waals surface area contributed by atoms with E-state index in [4.69, 9.17) is 16.3 Å². The van der Waals surface area contributed by atoms with Crippen molar-refractivity contribution in [2.24, 2.45) is 0 Å². The third-order valence-electron chi connectivity index (χ3n) is 6.12. The van der Waals surface area contributed by atoms with E-state index in [9.17, 15) is 14.4 Å². The normalized spacial score (nSPS) is 16.3. The number of anilines is 1. The lowest BCUT2D eigenvalue weighted by Gasteiger charge is -2.34. The number of hydrogen-bond acceptors (Lipinski definition) is 4. The summed E-state index contributed by atoms with van der Waals surface area (Å²) in [5.74, 6) is -0.326. The number of nitrogens with zero attached hydrogens (tertiary/aromatic N) is 2. The van der Waals surface area contributed by atoms with Crippen molar-refractivity contribution in [2.45, 2.75) is 38.8 Å². The zero-order valence-corrected chi connectivity index (χ0v) is 20.4. The number of carbonyl (C=O) groups is 3. The van der Waals surface area contributed by atoms with E-state index in [0.717, 1.165) is 11.1 Å². The van der Waals surface area contributed by atoms with Crippen molar-refractivity contribution in [3.05, 3.63) is 95.0 Å². The Bertz CT molecular complexity index is 1200. The number of amides is 3. The van der Waals surface area contributed by atoms with Gasteiger partial charge in [-0.3, -0.25) is 14.4 Å². The molecule has 0 spiro atoms. The molecule has 1 aliphatic rings. The van der Waals surface area contributed by atoms with Gasteiger partial charge < -0.3 is 9.64 Å². The van der Waals surface area contributed by atoms with E-state index in [-0.39, 0.29) is 24.7 Å². The molecular weight excluding hydrogens is 464 g/mol. The van der Waals surface area contributed by atoms with E-state index < -0.39 is 18.0 Å². The van der Waals surface area contributed by atoms with Crippen LogP contribution < -0.4 is 9.64 Å². The molecule has 0 aliphatic carbocycles. The Labute approximate surface area is 210 Å². The van der Waals surface area contributed by atoms with Crippen LogP contribution in [0.4, 0.5) is 5.69 Å². The first-order valence-corrected chi connectivity index (χ1v) is 12.0. The highest BCUT2D eigenvalue weighted by Crippen LogP contribution is 2.32. The van der Waals surface area contributed by atoms with Gasteiger partial charge in [0.1, 0.15) is 11.8 Å². The van der Waals surface area contributed by atoms with E-state index in [0.29, 0.717) is 23.1 Å². The quantitative estimate of drug-likeness (QED) is 0.407. The zero-order chi connectivity index (χ0) is 24.9. The molecule has 180 valence electrons. The first kappa shape index (κ1) is 24.5. The maximum absolute atomic E-state index is 13.6. The fourth-order valence-electron chi connectivity index (χ4n) is 4.38. The standard InChI is InChI=1S/C28H27ClN2O4/c1-3-35-24-15-13-23(14-16-24)31-27(33)18-25(28(31)34)30(19(2)21-7-5-4-6-8-21)26(32)17-20-9-11-22(29)12-10-20/h4-16,19,25H,3,17-18H2,1-2H3. The van der Waals surface area contributed by atoms with Gasteiger partial charge in [0.2, 0.25) is 11.8 Å². The second-order valence-electron chi connectivity index (χ2n) is 8.41. The molecule has 3 aromatic rings. The van der Waals surface area contributed by atoms with Gasteiger partial charge in [-0.1, -0.05) is 54.1 Å². The van der Waals surface area contributed by atoms with Gasteiger partial charge in [-0.15, -0.1) is 0 Å². The van der Waals surface area contributed by atoms with Crippen LogP contribution in [0.1, 0.15) is 37.4 Å². The Balaban J connectivity index is 1.64. The van der Waals surface area contributed by atoms with Crippen molar-refractivity contribution in [1.29, 1.82) is 0 Å². The van der Waals surface area contributed by atoms with Gasteiger partial charge in [0.25, 0.3) is 5.91 Å². The summed E-state index contributed by atoms with van der Waals surface area (Å²) in [6.07, 6.45) is 0.0188. The van der Waals surface area contributed by atoms with Crippen LogP contribution in [0.2, 0.25) is 5.02 Å². The number of halogens is 1. The molecule has 1 fully saturated rings. The largest absolute Gasteiger partial charge is 0.494 e. The molecule has 2 atom stereocenters. The molecule has 0 aromatic heterocycles. The molecule has 1 saturated heterocycles. The molecule has 0 radical (unpaired) electrons. The molecule has 4 rings (SSSR count). The number of hydrogen-bond donors (Lipinski definition) is 0. The number of rotatable bonds is 8. The molecule has 2 unspecified atom stereocenters. The third kappa shape index (κ3) is 5.38. The first-order chi connectivity index (χ1) is 16.9. The smallest absolute Gasteiger partial charge is 0.257 e. The fourth-order valence-corrected chi connectivity index (χ4v) is 4.51. The molecule has 6 nitrogen and oxygen atoms in total. The van der Waals surface area contributed by atoms with Gasteiger partial charge in [-0.2, -0.15) is 0 Å². The van der Waals surface area contributed by atoms with Crippen molar-refractivity contribution in [1.82, 2.24) is 4.90 Å². The summed E-state index contributed by atoms with van der Waals surface area (Å²) in [5.41, 5.74) is 2.13. The molecule has 0 saturated carbocycles. The average molecular weight is 491 g/mol. The summed E-state index contributed by atoms with van der Waals surface area (Å²) in [6.45, 7) is 4.28. The predicted molar refractivity (Wildman–Crippen MR) is 135 cm³/mol. The van der Waals surface area contributed by atoms with Crippen LogP contribution >= 0.6 is 11.6 Å². The van der Waals surface area contributed by atoms with Gasteiger partial charge in [-0.05, 0) is 61.4 Å². The van der Waals surface area contributed by atoms with E-state index in [1.165, 1.54) is 4.90 Å². The summed E-state index contributed by atoms with van der Waals surface area (Å²) in [7, 11) is 0. The molecular formula is C28H27ClN2O4. The highest BCUT2D eigenvalue weighted by molar-refractivity contribution is 6.30. The summed E-state index contributed by atoms with van der Waals surface area (Å²) >= 11 is 5.99. The molecule has 7 heteroatoms. The Morgan fingerprint density at radius 1 is 1.03 bits per heavy atom. The lowest BCUT2D eigenvalue weighted by molar-refractivity contribution is -0.140. The van der Waals surface area contributed by atoms with E-state index in [1.54, 1.807) is 53.4 Å². The fraction of sp³-hybridized carbons (Fsp3) is 0.250. The maximum atomic E-state index is 13.6. The minimum atomic E-state index is -0.899. The number of ether oxygens (including phenoxy) is 1. The number of carbonyl (C=O) groups excluding carboxylic acids is 3. The molecule has 3 aromatic carbocycles. The predicted octanol–water partition coefficient (Wildman–Crippen LogP) is 5.20. The van der Waals surface area contributed by atoms with E-state index >= 15 is 0 Å². The zero-order valence-electron chi connectivity index (χ0n) is 19.7. The first-order valence-electron chi connectivity index (χ1n) is 11.6. The Hall–Kier alpha value is -3.64. The Morgan fingerprint density at radius 2 is 1.69 bits per heavy atom. The minimum Gasteiger partial charge on any atom is -0.494 e. The SMILES string of the molecule is CCOc1ccc(N2C(=O)CC(N(C(=O)Cc3ccc(Cl)cc3)C(C)c3ccccc3)C2=O)cc1. The van der Waals surface area contributed by atoms with Gasteiger partial charge >= 0.3 is 0 Å². The molecule has 1 aliphatic heterocycles. The molecule has 1 heterocycles. The summed E-state index contributed by atoms with van der Waals surface area (Å²) in [5, 5.41) is 0.582. The Morgan fingerprint density at radius 3 is 2.31 bits per heavy atom. The summed E-state index contributed by atoms with van der Waals surface area (Å²) in [6, 6.07) is 22.1. The van der Waals surface area contributed by atoms with Crippen LogP contribution in [0, 0.1) is 0 Å². The lowest BCUT2D eigenvalue weighted by Crippen LogP contribution is -2.47. The summed E-state index contributed by atoms with van der Waals surface area (Å²) in [4.78, 5) is 42.9. The van der Waals surface area contributed by atoms with Crippen LogP contribution in [0.25, 0.3) is 0 Å². The van der Waals surface area contributed by atoms with Crippen molar-refractivity contribution >= 4 is 35.0 Å². The Kier molecular flexibility index (Phi) is 7.51. The van der Waals surface area contributed by atoms with Crippen molar-refractivity contribution in [2.75, 3.05) is 11.5 Å². The molecule has 0 bridgehead atoms. The molecule has 35 heavy (non-hydrogen) atoms. The monoisotopic (exact) mass is 490 g/mol. The van der Waals surface area contributed by atoms with Crippen LogP contribution in [0.15, 0.2) is 78.9 Å². The van der Waals surface area contributed by atoms with Crippen LogP contribution in [-0.2, 0) is 20.8 Å². The maximum Gasteiger partial charge on any atom is 0.257 e.